The van der Waals surface area contributed by atoms with Gasteiger partial charge in [0.25, 0.3) is 0 Å². The molecule has 0 bridgehead atoms. The highest BCUT2D eigenvalue weighted by Crippen LogP contribution is 2.18. The summed E-state index contributed by atoms with van der Waals surface area (Å²) in [6.45, 7) is 0.0171. The average molecular weight is 327 g/mol. The van der Waals surface area contributed by atoms with Gasteiger partial charge < -0.3 is 4.74 Å². The molecule has 2 aromatic rings. The Hall–Kier alpha value is -1.99. The summed E-state index contributed by atoms with van der Waals surface area (Å²) in [4.78, 5) is -0.958. The van der Waals surface area contributed by atoms with Crippen LogP contribution in [0.15, 0.2) is 47.4 Å². The van der Waals surface area contributed by atoms with Crippen molar-refractivity contribution in [1.29, 1.82) is 0 Å². The van der Waals surface area contributed by atoms with E-state index >= 15 is 0 Å². The lowest BCUT2D eigenvalue weighted by Gasteiger charge is -2.09. The molecule has 0 amide bonds. The molecule has 0 fully saturated rings. The van der Waals surface area contributed by atoms with E-state index in [1.807, 2.05) is 0 Å². The molecule has 2 aromatic carbocycles. The van der Waals surface area contributed by atoms with Crippen LogP contribution >= 0.6 is 0 Å². The summed E-state index contributed by atoms with van der Waals surface area (Å²) < 4.78 is 58.2. The minimum Gasteiger partial charge on any atom is -0.497 e. The van der Waals surface area contributed by atoms with E-state index < -0.39 is 26.6 Å². The molecule has 4 nitrogen and oxygen atoms in total. The van der Waals surface area contributed by atoms with E-state index in [9.17, 15) is 17.2 Å². The lowest BCUT2D eigenvalue weighted by molar-refractivity contribution is 0.414. The first-order chi connectivity index (χ1) is 10.4. The molecule has 0 aliphatic carbocycles. The van der Waals surface area contributed by atoms with Crippen molar-refractivity contribution in [2.24, 2.45) is 0 Å². The highest BCUT2D eigenvalue weighted by atomic mass is 32.2. The zero-order chi connectivity index (χ0) is 16.2. The molecule has 0 atom stereocenters. The van der Waals surface area contributed by atoms with Gasteiger partial charge in [-0.3, -0.25) is 0 Å². The monoisotopic (exact) mass is 327 g/mol. The van der Waals surface area contributed by atoms with Gasteiger partial charge in [0.15, 0.2) is 4.90 Å². The first-order valence-corrected chi connectivity index (χ1v) is 7.99. The molecule has 118 valence electrons. The normalized spacial score (nSPS) is 11.4. The van der Waals surface area contributed by atoms with Gasteiger partial charge in [0.1, 0.15) is 17.4 Å². The van der Waals surface area contributed by atoms with Gasteiger partial charge in [-0.15, -0.1) is 0 Å². The van der Waals surface area contributed by atoms with E-state index in [0.717, 1.165) is 23.8 Å². The molecule has 0 spiro atoms. The number of halogens is 2. The van der Waals surface area contributed by atoms with Crippen molar-refractivity contribution < 1.29 is 21.9 Å². The van der Waals surface area contributed by atoms with E-state index in [0.29, 0.717) is 12.2 Å². The summed E-state index contributed by atoms with van der Waals surface area (Å²) in [5.74, 6) is -1.58. The second-order valence-electron chi connectivity index (χ2n) is 4.55. The third kappa shape index (κ3) is 3.80. The molecular weight excluding hydrogens is 312 g/mol. The molecule has 0 aliphatic heterocycles. The van der Waals surface area contributed by atoms with E-state index in [2.05, 4.69) is 4.72 Å². The summed E-state index contributed by atoms with van der Waals surface area (Å²) in [6, 6.07) is 10.0. The Bertz CT molecular complexity index is 743. The van der Waals surface area contributed by atoms with Crippen LogP contribution in [0.25, 0.3) is 0 Å². The second-order valence-corrected chi connectivity index (χ2v) is 6.25. The van der Waals surface area contributed by atoms with Crippen LogP contribution in [0.4, 0.5) is 8.78 Å². The van der Waals surface area contributed by atoms with Crippen LogP contribution in [0, 0.1) is 11.6 Å². The Morgan fingerprint density at radius 2 is 1.73 bits per heavy atom. The van der Waals surface area contributed by atoms with Crippen LogP contribution < -0.4 is 9.46 Å². The van der Waals surface area contributed by atoms with Gasteiger partial charge in [0.05, 0.1) is 7.11 Å². The third-order valence-electron chi connectivity index (χ3n) is 3.03. The molecule has 0 heterocycles. The van der Waals surface area contributed by atoms with Crippen molar-refractivity contribution in [3.8, 4) is 5.75 Å². The maximum Gasteiger partial charge on any atom is 0.246 e. The Kier molecular flexibility index (Phi) is 5.10. The van der Waals surface area contributed by atoms with Gasteiger partial charge in [-0.2, -0.15) is 0 Å². The number of ether oxygens (including phenoxy) is 1. The number of benzene rings is 2. The molecule has 0 saturated heterocycles. The predicted octanol–water partition coefficient (Wildman–Crippen LogP) is 2.49. The summed E-state index contributed by atoms with van der Waals surface area (Å²) in [6.07, 6.45) is 0.368. The van der Waals surface area contributed by atoms with Crippen LogP contribution in [0.2, 0.25) is 0 Å². The molecule has 22 heavy (non-hydrogen) atoms. The second kappa shape index (κ2) is 6.85. The highest BCUT2D eigenvalue weighted by Gasteiger charge is 2.23. The van der Waals surface area contributed by atoms with Gasteiger partial charge in [-0.1, -0.05) is 18.2 Å². The Morgan fingerprint density at radius 3 is 2.36 bits per heavy atom. The standard InChI is InChI=1S/C15H15F2NO3S/c1-21-12-5-2-4-11(10-12)8-9-18-22(19,20)15-13(16)6-3-7-14(15)17/h2-7,10,18H,8-9H2,1H3. The quantitative estimate of drug-likeness (QED) is 0.887. The fourth-order valence-corrected chi connectivity index (χ4v) is 3.13. The first-order valence-electron chi connectivity index (χ1n) is 6.50. The number of hydrogen-bond acceptors (Lipinski definition) is 3. The number of hydrogen-bond donors (Lipinski definition) is 1. The molecule has 7 heteroatoms. The van der Waals surface area contributed by atoms with Crippen molar-refractivity contribution in [2.75, 3.05) is 13.7 Å². The summed E-state index contributed by atoms with van der Waals surface area (Å²) in [5, 5.41) is 0. The van der Waals surface area contributed by atoms with Crippen molar-refractivity contribution >= 4 is 10.0 Å². The average Bonchev–Trinajstić information content (AvgIpc) is 2.47. The molecule has 0 radical (unpaired) electrons. The first kappa shape index (κ1) is 16.4. The minimum atomic E-state index is -4.24. The topological polar surface area (TPSA) is 55.4 Å². The highest BCUT2D eigenvalue weighted by molar-refractivity contribution is 7.89. The summed E-state index contributed by atoms with van der Waals surface area (Å²) >= 11 is 0. The Labute approximate surface area is 127 Å². The van der Waals surface area contributed by atoms with E-state index in [4.69, 9.17) is 4.74 Å². The van der Waals surface area contributed by atoms with Gasteiger partial charge in [0.2, 0.25) is 10.0 Å². The van der Waals surface area contributed by atoms with Crippen molar-refractivity contribution in [3.05, 3.63) is 59.7 Å². The zero-order valence-electron chi connectivity index (χ0n) is 11.8. The smallest absolute Gasteiger partial charge is 0.246 e. The largest absolute Gasteiger partial charge is 0.497 e. The van der Waals surface area contributed by atoms with Gasteiger partial charge in [-0.05, 0) is 36.2 Å². The van der Waals surface area contributed by atoms with E-state index in [1.165, 1.54) is 7.11 Å². The van der Waals surface area contributed by atoms with Crippen LogP contribution in [-0.2, 0) is 16.4 Å². The number of sulfonamides is 1. The molecule has 0 aromatic heterocycles. The summed E-state index contributed by atoms with van der Waals surface area (Å²) in [5.41, 5.74) is 0.844. The van der Waals surface area contributed by atoms with Crippen LogP contribution in [-0.4, -0.2) is 22.1 Å². The van der Waals surface area contributed by atoms with Gasteiger partial charge in [-0.25, -0.2) is 21.9 Å². The maximum absolute atomic E-state index is 13.5. The predicted molar refractivity (Wildman–Crippen MR) is 78.2 cm³/mol. The fraction of sp³-hybridized carbons (Fsp3) is 0.200. The fourth-order valence-electron chi connectivity index (χ4n) is 1.97. The molecule has 0 aliphatic rings. The molecular formula is C15H15F2NO3S. The van der Waals surface area contributed by atoms with Crippen molar-refractivity contribution in [1.82, 2.24) is 4.72 Å². The SMILES string of the molecule is COc1cccc(CCNS(=O)(=O)c2c(F)cccc2F)c1. The molecule has 0 unspecified atom stereocenters. The van der Waals surface area contributed by atoms with Gasteiger partial charge >= 0.3 is 0 Å². The van der Waals surface area contributed by atoms with Crippen molar-refractivity contribution in [3.63, 3.8) is 0 Å². The Balaban J connectivity index is 2.07. The van der Waals surface area contributed by atoms with Crippen LogP contribution in [0.1, 0.15) is 5.56 Å². The van der Waals surface area contributed by atoms with Crippen LogP contribution in [0.3, 0.4) is 0 Å². The zero-order valence-corrected chi connectivity index (χ0v) is 12.7. The molecule has 1 N–H and O–H groups in total. The van der Waals surface area contributed by atoms with Gasteiger partial charge in [0, 0.05) is 6.54 Å². The minimum absolute atomic E-state index is 0.0171. The van der Waals surface area contributed by atoms with E-state index in [-0.39, 0.29) is 6.54 Å². The molecule has 0 saturated carbocycles. The van der Waals surface area contributed by atoms with E-state index in [1.54, 1.807) is 24.3 Å². The lowest BCUT2D eigenvalue weighted by atomic mass is 10.1. The number of nitrogens with one attached hydrogen (secondary N) is 1. The number of rotatable bonds is 6. The van der Waals surface area contributed by atoms with Crippen LogP contribution in [0.5, 0.6) is 5.75 Å². The Morgan fingerprint density at radius 1 is 1.09 bits per heavy atom. The summed E-state index contributed by atoms with van der Waals surface area (Å²) in [7, 11) is -2.71. The third-order valence-corrected chi connectivity index (χ3v) is 4.54. The molecule has 2 rings (SSSR count). The number of methoxy groups -OCH3 is 1. The van der Waals surface area contributed by atoms with Crippen molar-refractivity contribution in [2.45, 2.75) is 11.3 Å². The maximum atomic E-state index is 13.5. The lowest BCUT2D eigenvalue weighted by Crippen LogP contribution is -2.27.